The quantitative estimate of drug-likeness (QED) is 0.453. The number of nitrogens with one attached hydrogen (secondary N) is 1. The first-order chi connectivity index (χ1) is 13.6. The minimum atomic E-state index is -0.222. The Kier molecular flexibility index (Phi) is 6.32. The third-order valence-corrected chi connectivity index (χ3v) is 4.47. The number of carbonyl (C=O) groups excluding carboxylic acids is 1. The highest BCUT2D eigenvalue weighted by molar-refractivity contribution is 5.87. The highest BCUT2D eigenvalue weighted by atomic mass is 16.5. The molecule has 0 spiro atoms. The number of rotatable bonds is 9. The number of aromatic nitrogens is 2. The fourth-order valence-electron chi connectivity index (χ4n) is 3.08. The van der Waals surface area contributed by atoms with Gasteiger partial charge in [0.2, 0.25) is 5.91 Å². The van der Waals surface area contributed by atoms with Gasteiger partial charge in [-0.1, -0.05) is 18.7 Å². The molecule has 0 aliphatic heterocycles. The Bertz CT molecular complexity index is 947. The number of ether oxygens (including phenoxy) is 2. The molecule has 1 atom stereocenters. The molecule has 1 amide bonds. The van der Waals surface area contributed by atoms with Crippen LogP contribution in [0.3, 0.4) is 0 Å². The van der Waals surface area contributed by atoms with E-state index >= 15 is 0 Å². The number of amides is 1. The summed E-state index contributed by atoms with van der Waals surface area (Å²) in [5.74, 6) is 2.22. The minimum Gasteiger partial charge on any atom is -0.497 e. The number of carbonyl (C=O) groups is 1. The Morgan fingerprint density at radius 1 is 1.21 bits per heavy atom. The molecule has 0 radical (unpaired) electrons. The SMILES string of the molecule is C=CC(=O)NC(C)c1nc2ccccc2n1CCCOc1ccc(OC)cc1. The Hall–Kier alpha value is -3.28. The van der Waals surface area contributed by atoms with Crippen LogP contribution < -0.4 is 14.8 Å². The van der Waals surface area contributed by atoms with Crippen LogP contribution in [0.2, 0.25) is 0 Å². The van der Waals surface area contributed by atoms with Gasteiger partial charge in [-0.05, 0) is 55.8 Å². The van der Waals surface area contributed by atoms with Crippen molar-refractivity contribution in [3.05, 3.63) is 67.0 Å². The molecular formula is C22H25N3O3. The van der Waals surface area contributed by atoms with E-state index in [0.29, 0.717) is 6.61 Å². The highest BCUT2D eigenvalue weighted by Crippen LogP contribution is 2.22. The van der Waals surface area contributed by atoms with Crippen molar-refractivity contribution >= 4 is 16.9 Å². The average Bonchev–Trinajstić information content (AvgIpc) is 3.10. The molecule has 3 aromatic rings. The number of hydrogen-bond donors (Lipinski definition) is 1. The van der Waals surface area contributed by atoms with E-state index in [0.717, 1.165) is 41.3 Å². The van der Waals surface area contributed by atoms with Crippen LogP contribution in [0.1, 0.15) is 25.2 Å². The summed E-state index contributed by atoms with van der Waals surface area (Å²) >= 11 is 0. The predicted octanol–water partition coefficient (Wildman–Crippen LogP) is 3.88. The number of benzene rings is 2. The van der Waals surface area contributed by atoms with E-state index in [-0.39, 0.29) is 11.9 Å². The van der Waals surface area contributed by atoms with Gasteiger partial charge in [0.25, 0.3) is 0 Å². The number of aryl methyl sites for hydroxylation is 1. The standard InChI is InChI=1S/C22H25N3O3/c1-4-21(26)23-16(2)22-24-19-8-5-6-9-20(19)25(22)14-7-15-28-18-12-10-17(27-3)11-13-18/h4-6,8-13,16H,1,7,14-15H2,2-3H3,(H,23,26). The summed E-state index contributed by atoms with van der Waals surface area (Å²) < 4.78 is 13.1. The van der Waals surface area contributed by atoms with Gasteiger partial charge in [0.15, 0.2) is 0 Å². The van der Waals surface area contributed by atoms with Crippen molar-refractivity contribution in [2.45, 2.75) is 25.9 Å². The smallest absolute Gasteiger partial charge is 0.243 e. The number of nitrogens with zero attached hydrogens (tertiary/aromatic N) is 2. The molecule has 6 heteroatoms. The van der Waals surface area contributed by atoms with Crippen molar-refractivity contribution in [1.82, 2.24) is 14.9 Å². The van der Waals surface area contributed by atoms with E-state index < -0.39 is 0 Å². The average molecular weight is 379 g/mol. The lowest BCUT2D eigenvalue weighted by Gasteiger charge is -2.16. The van der Waals surface area contributed by atoms with Gasteiger partial charge in [0.05, 0.1) is 30.8 Å². The lowest BCUT2D eigenvalue weighted by Crippen LogP contribution is -2.27. The van der Waals surface area contributed by atoms with E-state index in [1.165, 1.54) is 6.08 Å². The molecule has 6 nitrogen and oxygen atoms in total. The van der Waals surface area contributed by atoms with Crippen molar-refractivity contribution in [3.63, 3.8) is 0 Å². The second-order valence-corrected chi connectivity index (χ2v) is 6.42. The summed E-state index contributed by atoms with van der Waals surface area (Å²) in [6.07, 6.45) is 2.08. The number of para-hydroxylation sites is 2. The molecule has 1 unspecified atom stereocenters. The van der Waals surface area contributed by atoms with Crippen molar-refractivity contribution in [1.29, 1.82) is 0 Å². The molecule has 0 saturated heterocycles. The van der Waals surface area contributed by atoms with Crippen molar-refractivity contribution in [2.75, 3.05) is 13.7 Å². The zero-order valence-corrected chi connectivity index (χ0v) is 16.2. The number of fused-ring (bicyclic) bond motifs is 1. The van der Waals surface area contributed by atoms with E-state index in [1.54, 1.807) is 7.11 Å². The summed E-state index contributed by atoms with van der Waals surface area (Å²) in [5.41, 5.74) is 1.95. The number of methoxy groups -OCH3 is 1. The van der Waals surface area contributed by atoms with Gasteiger partial charge in [0, 0.05) is 6.54 Å². The molecule has 28 heavy (non-hydrogen) atoms. The largest absolute Gasteiger partial charge is 0.497 e. The van der Waals surface area contributed by atoms with Gasteiger partial charge in [-0.3, -0.25) is 4.79 Å². The fourth-order valence-corrected chi connectivity index (χ4v) is 3.08. The first kappa shape index (κ1) is 19.5. The topological polar surface area (TPSA) is 65.4 Å². The monoisotopic (exact) mass is 379 g/mol. The molecule has 146 valence electrons. The summed E-state index contributed by atoms with van der Waals surface area (Å²) in [5, 5.41) is 2.89. The third-order valence-electron chi connectivity index (χ3n) is 4.47. The zero-order valence-electron chi connectivity index (χ0n) is 16.2. The molecule has 1 heterocycles. The Morgan fingerprint density at radius 2 is 1.93 bits per heavy atom. The van der Waals surface area contributed by atoms with Gasteiger partial charge >= 0.3 is 0 Å². The highest BCUT2D eigenvalue weighted by Gasteiger charge is 2.17. The van der Waals surface area contributed by atoms with Crippen molar-refractivity contribution < 1.29 is 14.3 Å². The van der Waals surface area contributed by atoms with Gasteiger partial charge in [-0.2, -0.15) is 0 Å². The first-order valence-electron chi connectivity index (χ1n) is 9.27. The summed E-state index contributed by atoms with van der Waals surface area (Å²) in [4.78, 5) is 16.4. The van der Waals surface area contributed by atoms with Crippen LogP contribution in [0.15, 0.2) is 61.2 Å². The van der Waals surface area contributed by atoms with Crippen LogP contribution in [-0.2, 0) is 11.3 Å². The summed E-state index contributed by atoms with van der Waals surface area (Å²) in [6, 6.07) is 15.3. The second kappa shape index (κ2) is 9.08. The minimum absolute atomic E-state index is 0.214. The van der Waals surface area contributed by atoms with E-state index in [1.807, 2.05) is 55.5 Å². The van der Waals surface area contributed by atoms with Crippen LogP contribution in [0.4, 0.5) is 0 Å². The van der Waals surface area contributed by atoms with Gasteiger partial charge in [0.1, 0.15) is 17.3 Å². The van der Waals surface area contributed by atoms with Crippen LogP contribution in [0, 0.1) is 0 Å². The lowest BCUT2D eigenvalue weighted by atomic mass is 10.3. The molecule has 0 bridgehead atoms. The zero-order chi connectivity index (χ0) is 19.9. The molecule has 0 aliphatic carbocycles. The maximum absolute atomic E-state index is 11.7. The van der Waals surface area contributed by atoms with E-state index in [2.05, 4.69) is 16.5 Å². The van der Waals surface area contributed by atoms with Crippen LogP contribution in [-0.4, -0.2) is 29.2 Å². The third kappa shape index (κ3) is 4.52. The van der Waals surface area contributed by atoms with Gasteiger partial charge < -0.3 is 19.4 Å². The van der Waals surface area contributed by atoms with Crippen LogP contribution in [0.25, 0.3) is 11.0 Å². The fraction of sp³-hybridized carbons (Fsp3) is 0.273. The van der Waals surface area contributed by atoms with E-state index in [9.17, 15) is 4.79 Å². The lowest BCUT2D eigenvalue weighted by molar-refractivity contribution is -0.117. The van der Waals surface area contributed by atoms with Gasteiger partial charge in [-0.25, -0.2) is 4.98 Å². The maximum Gasteiger partial charge on any atom is 0.243 e. The molecule has 1 aromatic heterocycles. The molecule has 2 aromatic carbocycles. The van der Waals surface area contributed by atoms with Gasteiger partial charge in [-0.15, -0.1) is 0 Å². The van der Waals surface area contributed by atoms with E-state index in [4.69, 9.17) is 14.5 Å². The maximum atomic E-state index is 11.7. The Labute approximate surface area is 164 Å². The summed E-state index contributed by atoms with van der Waals surface area (Å²) in [6.45, 7) is 6.74. The molecular weight excluding hydrogens is 354 g/mol. The van der Waals surface area contributed by atoms with Crippen molar-refractivity contribution in [3.8, 4) is 11.5 Å². The van der Waals surface area contributed by atoms with Crippen LogP contribution >= 0.6 is 0 Å². The Balaban J connectivity index is 1.69. The molecule has 0 fully saturated rings. The number of hydrogen-bond acceptors (Lipinski definition) is 4. The molecule has 0 saturated carbocycles. The Morgan fingerprint density at radius 3 is 2.64 bits per heavy atom. The molecule has 0 aliphatic rings. The predicted molar refractivity (Wildman–Crippen MR) is 110 cm³/mol. The molecule has 1 N–H and O–H groups in total. The summed E-state index contributed by atoms with van der Waals surface area (Å²) in [7, 11) is 1.64. The first-order valence-corrected chi connectivity index (χ1v) is 9.27. The van der Waals surface area contributed by atoms with Crippen molar-refractivity contribution in [2.24, 2.45) is 0 Å². The molecule has 3 rings (SSSR count). The second-order valence-electron chi connectivity index (χ2n) is 6.42. The van der Waals surface area contributed by atoms with Crippen LogP contribution in [0.5, 0.6) is 11.5 Å². The number of imidazole rings is 1. The normalized spacial score (nSPS) is 11.8.